The summed E-state index contributed by atoms with van der Waals surface area (Å²) in [5.74, 6) is -0.122. The number of benzene rings is 1. The quantitative estimate of drug-likeness (QED) is 0.674. The van der Waals surface area contributed by atoms with Crippen LogP contribution >= 0.6 is 11.3 Å². The first kappa shape index (κ1) is 15.4. The lowest BCUT2D eigenvalue weighted by atomic mass is 10.1. The Morgan fingerprint density at radius 2 is 2.00 bits per heavy atom. The van der Waals surface area contributed by atoms with E-state index in [4.69, 9.17) is 0 Å². The first-order valence-corrected chi connectivity index (χ1v) is 7.98. The molecule has 0 atom stereocenters. The maximum Gasteiger partial charge on any atom is 0.337 e. The van der Waals surface area contributed by atoms with Gasteiger partial charge >= 0.3 is 5.97 Å². The third-order valence-electron chi connectivity index (χ3n) is 3.36. The lowest BCUT2D eigenvalue weighted by Gasteiger charge is -1.99. The summed E-state index contributed by atoms with van der Waals surface area (Å²) in [4.78, 5) is 23.2. The summed E-state index contributed by atoms with van der Waals surface area (Å²) < 4.78 is 4.63. The maximum absolute atomic E-state index is 11.9. The molecule has 1 aliphatic carbocycles. The van der Waals surface area contributed by atoms with E-state index in [-0.39, 0.29) is 11.9 Å². The van der Waals surface area contributed by atoms with Crippen LogP contribution in [0.4, 0.5) is 5.13 Å². The second-order valence-corrected chi connectivity index (χ2v) is 6.16. The number of carbonyl (C=O) groups excluding carboxylic acids is 2. The van der Waals surface area contributed by atoms with E-state index < -0.39 is 0 Å². The summed E-state index contributed by atoms with van der Waals surface area (Å²) in [7, 11) is 1.34. The molecular formula is C16H15N3O3S. The number of anilines is 1. The van der Waals surface area contributed by atoms with Gasteiger partial charge in [-0.05, 0) is 36.6 Å². The van der Waals surface area contributed by atoms with Crippen LogP contribution in [0.1, 0.15) is 39.7 Å². The minimum absolute atomic E-state index is 0.263. The molecular weight excluding hydrogens is 314 g/mol. The van der Waals surface area contributed by atoms with Gasteiger partial charge in [-0.15, -0.1) is 10.2 Å². The van der Waals surface area contributed by atoms with Gasteiger partial charge < -0.3 is 4.74 Å². The van der Waals surface area contributed by atoms with Gasteiger partial charge in [0.2, 0.25) is 11.0 Å². The van der Waals surface area contributed by atoms with Gasteiger partial charge in [0.25, 0.3) is 0 Å². The van der Waals surface area contributed by atoms with Crippen LogP contribution in [0.2, 0.25) is 0 Å². The first-order valence-electron chi connectivity index (χ1n) is 7.16. The van der Waals surface area contributed by atoms with Gasteiger partial charge in [-0.1, -0.05) is 23.5 Å². The lowest BCUT2D eigenvalue weighted by molar-refractivity contribution is -0.111. The van der Waals surface area contributed by atoms with Crippen molar-refractivity contribution < 1.29 is 14.3 Å². The molecule has 23 heavy (non-hydrogen) atoms. The highest BCUT2D eigenvalue weighted by Gasteiger charge is 2.27. The van der Waals surface area contributed by atoms with Crippen molar-refractivity contribution in [2.45, 2.75) is 18.8 Å². The van der Waals surface area contributed by atoms with Crippen LogP contribution in [-0.4, -0.2) is 29.2 Å². The molecule has 1 aromatic heterocycles. The van der Waals surface area contributed by atoms with Gasteiger partial charge in [0.05, 0.1) is 12.7 Å². The second-order valence-electron chi connectivity index (χ2n) is 5.16. The smallest absolute Gasteiger partial charge is 0.337 e. The molecule has 118 valence electrons. The molecule has 1 fully saturated rings. The average molecular weight is 329 g/mol. The summed E-state index contributed by atoms with van der Waals surface area (Å²) in [5, 5.41) is 12.2. The minimum atomic E-state index is -0.388. The molecule has 1 amide bonds. The summed E-state index contributed by atoms with van der Waals surface area (Å²) in [6, 6.07) is 6.78. The standard InChI is InChI=1S/C16H15N3O3S/c1-22-15(21)12-5-2-10(3-6-12)4-9-13(20)17-16-19-18-14(23-16)11-7-8-11/h2-6,9,11H,7-8H2,1H3,(H,17,19,20). The Morgan fingerprint density at radius 3 is 2.65 bits per heavy atom. The number of hydrogen-bond acceptors (Lipinski definition) is 6. The number of amides is 1. The largest absolute Gasteiger partial charge is 0.465 e. The second kappa shape index (κ2) is 6.70. The maximum atomic E-state index is 11.9. The number of hydrogen-bond donors (Lipinski definition) is 1. The monoisotopic (exact) mass is 329 g/mol. The number of nitrogens with zero attached hydrogens (tertiary/aromatic N) is 2. The molecule has 1 heterocycles. The first-order chi connectivity index (χ1) is 11.2. The molecule has 0 saturated heterocycles. The normalized spacial score (nSPS) is 14.0. The molecule has 0 spiro atoms. The Labute approximate surface area is 137 Å². The highest BCUT2D eigenvalue weighted by atomic mass is 32.1. The van der Waals surface area contributed by atoms with Crippen molar-refractivity contribution in [3.05, 3.63) is 46.5 Å². The molecule has 7 heteroatoms. The van der Waals surface area contributed by atoms with Gasteiger partial charge in [0.1, 0.15) is 5.01 Å². The molecule has 1 saturated carbocycles. The van der Waals surface area contributed by atoms with Crippen LogP contribution in [0, 0.1) is 0 Å². The average Bonchev–Trinajstić information content (AvgIpc) is 3.33. The van der Waals surface area contributed by atoms with Crippen molar-refractivity contribution >= 4 is 34.4 Å². The fraction of sp³-hybridized carbons (Fsp3) is 0.250. The third kappa shape index (κ3) is 4.01. The number of methoxy groups -OCH3 is 1. The predicted octanol–water partition coefficient (Wildman–Crippen LogP) is 2.85. The van der Waals surface area contributed by atoms with E-state index in [0.717, 1.165) is 23.4 Å². The zero-order valence-electron chi connectivity index (χ0n) is 12.5. The number of esters is 1. The van der Waals surface area contributed by atoms with E-state index in [0.29, 0.717) is 16.6 Å². The molecule has 0 aliphatic heterocycles. The van der Waals surface area contributed by atoms with Crippen molar-refractivity contribution in [2.24, 2.45) is 0 Å². The minimum Gasteiger partial charge on any atom is -0.465 e. The fourth-order valence-corrected chi connectivity index (χ4v) is 2.86. The van der Waals surface area contributed by atoms with E-state index in [1.54, 1.807) is 30.3 Å². The Bertz CT molecular complexity index is 748. The summed E-state index contributed by atoms with van der Waals surface area (Å²) in [6.07, 6.45) is 5.40. The fourth-order valence-electron chi connectivity index (χ4n) is 1.95. The van der Waals surface area contributed by atoms with Crippen LogP contribution in [-0.2, 0) is 9.53 Å². The molecule has 1 aromatic carbocycles. The van der Waals surface area contributed by atoms with E-state index in [1.807, 2.05) is 0 Å². The summed E-state index contributed by atoms with van der Waals surface area (Å²) >= 11 is 1.42. The Hall–Kier alpha value is -2.54. The number of rotatable bonds is 5. The molecule has 6 nitrogen and oxygen atoms in total. The van der Waals surface area contributed by atoms with Crippen LogP contribution in [0.25, 0.3) is 6.08 Å². The van der Waals surface area contributed by atoms with E-state index in [2.05, 4.69) is 20.3 Å². The van der Waals surface area contributed by atoms with Crippen molar-refractivity contribution in [3.63, 3.8) is 0 Å². The van der Waals surface area contributed by atoms with Crippen molar-refractivity contribution in [1.82, 2.24) is 10.2 Å². The van der Waals surface area contributed by atoms with Gasteiger partial charge in [0.15, 0.2) is 0 Å². The Kier molecular flexibility index (Phi) is 4.47. The number of aromatic nitrogens is 2. The summed E-state index contributed by atoms with van der Waals surface area (Å²) in [5.41, 5.74) is 1.28. The SMILES string of the molecule is COC(=O)c1ccc(C=CC(=O)Nc2nnc(C3CC3)s2)cc1. The van der Waals surface area contributed by atoms with Crippen molar-refractivity contribution in [1.29, 1.82) is 0 Å². The zero-order valence-corrected chi connectivity index (χ0v) is 13.3. The van der Waals surface area contributed by atoms with E-state index >= 15 is 0 Å². The van der Waals surface area contributed by atoms with Gasteiger partial charge in [-0.25, -0.2) is 4.79 Å². The van der Waals surface area contributed by atoms with Crippen LogP contribution in [0.5, 0.6) is 0 Å². The summed E-state index contributed by atoms with van der Waals surface area (Å²) in [6.45, 7) is 0. The molecule has 0 radical (unpaired) electrons. The van der Waals surface area contributed by atoms with E-state index in [1.165, 1.54) is 24.5 Å². The number of nitrogens with one attached hydrogen (secondary N) is 1. The van der Waals surface area contributed by atoms with Gasteiger partial charge in [0, 0.05) is 12.0 Å². The van der Waals surface area contributed by atoms with Crippen molar-refractivity contribution in [3.8, 4) is 0 Å². The molecule has 3 rings (SSSR count). The lowest BCUT2D eigenvalue weighted by Crippen LogP contribution is -2.07. The highest BCUT2D eigenvalue weighted by molar-refractivity contribution is 7.15. The van der Waals surface area contributed by atoms with Crippen LogP contribution < -0.4 is 5.32 Å². The van der Waals surface area contributed by atoms with Gasteiger partial charge in [-0.3, -0.25) is 10.1 Å². The molecule has 1 N–H and O–H groups in total. The molecule has 1 aliphatic rings. The highest BCUT2D eigenvalue weighted by Crippen LogP contribution is 2.41. The zero-order chi connectivity index (χ0) is 16.2. The van der Waals surface area contributed by atoms with Crippen LogP contribution in [0.15, 0.2) is 30.3 Å². The molecule has 0 bridgehead atoms. The van der Waals surface area contributed by atoms with Crippen LogP contribution in [0.3, 0.4) is 0 Å². The van der Waals surface area contributed by atoms with Gasteiger partial charge in [-0.2, -0.15) is 0 Å². The van der Waals surface area contributed by atoms with E-state index in [9.17, 15) is 9.59 Å². The Balaban J connectivity index is 1.57. The predicted molar refractivity (Wildman–Crippen MR) is 87.3 cm³/mol. The topological polar surface area (TPSA) is 81.2 Å². The Morgan fingerprint density at radius 1 is 1.26 bits per heavy atom. The number of ether oxygens (including phenoxy) is 1. The molecule has 0 unspecified atom stereocenters. The molecule has 2 aromatic rings. The third-order valence-corrected chi connectivity index (χ3v) is 4.36. The number of carbonyl (C=O) groups is 2. The van der Waals surface area contributed by atoms with Crippen molar-refractivity contribution in [2.75, 3.05) is 12.4 Å².